The molecule has 0 saturated carbocycles. The lowest BCUT2D eigenvalue weighted by molar-refractivity contribution is 0.618. The van der Waals surface area contributed by atoms with Gasteiger partial charge in [0.05, 0.1) is 0 Å². The van der Waals surface area contributed by atoms with E-state index in [1.54, 1.807) is 13.0 Å². The van der Waals surface area contributed by atoms with E-state index in [0.717, 1.165) is 17.0 Å². The van der Waals surface area contributed by atoms with Crippen molar-refractivity contribution < 1.29 is 4.39 Å². The van der Waals surface area contributed by atoms with Crippen molar-refractivity contribution in [2.75, 3.05) is 0 Å². The van der Waals surface area contributed by atoms with Crippen LogP contribution in [-0.4, -0.2) is 0 Å². The lowest BCUT2D eigenvalue weighted by Gasteiger charge is -1.97. The third kappa shape index (κ3) is 18.6. The van der Waals surface area contributed by atoms with Crippen LogP contribution in [0.4, 0.5) is 4.39 Å². The molecule has 0 nitrogen and oxygen atoms in total. The molecule has 0 aliphatic heterocycles. The average molecular weight is 323 g/mol. The summed E-state index contributed by atoms with van der Waals surface area (Å²) in [6.07, 6.45) is 1.31. The second-order valence-electron chi connectivity index (χ2n) is 6.07. The Morgan fingerprint density at radius 3 is 1.74 bits per heavy atom. The molecule has 0 radical (unpaired) electrons. The quantitative estimate of drug-likeness (QED) is 0.485. The first-order chi connectivity index (χ1) is 10.6. The number of benzene rings is 1. The number of allylic oxidation sites excluding steroid dienone is 1. The third-order valence-electron chi connectivity index (χ3n) is 3.27. The molecule has 0 fully saturated rings. The summed E-state index contributed by atoms with van der Waals surface area (Å²) in [5, 5.41) is 0. The van der Waals surface area contributed by atoms with Gasteiger partial charge in [-0.25, -0.2) is 4.39 Å². The Kier molecular flexibility index (Phi) is 19.7. The summed E-state index contributed by atoms with van der Waals surface area (Å²) in [5.74, 6) is 1.37. The predicted molar refractivity (Wildman–Crippen MR) is 106 cm³/mol. The standard InChI is InChI=1S/C8H9F.C7H12.C5H12.C2H6/c1-6-3-4-8(9)7(2)5-6;1-5-7(4)6(2)3;1-4-5(2)3;1-2/h3-5H,1-2H3;6H,1H2,2-4H3;5H,4H2,1-3H3;1-2H3. The number of halogens is 1. The molecule has 1 heteroatoms. The maximum Gasteiger partial charge on any atom is 0.126 e. The average Bonchev–Trinajstić information content (AvgIpc) is 2.53. The van der Waals surface area contributed by atoms with Crippen molar-refractivity contribution in [1.29, 1.82) is 0 Å². The Morgan fingerprint density at radius 1 is 1.13 bits per heavy atom. The van der Waals surface area contributed by atoms with Gasteiger partial charge in [-0.1, -0.05) is 79.2 Å². The molecular weight excluding hydrogens is 283 g/mol. The van der Waals surface area contributed by atoms with Crippen molar-refractivity contribution in [1.82, 2.24) is 0 Å². The van der Waals surface area contributed by atoms with Crippen LogP contribution in [0.25, 0.3) is 0 Å². The topological polar surface area (TPSA) is 0 Å². The molecule has 0 aliphatic rings. The predicted octanol–water partition coefficient (Wildman–Crippen LogP) is 7.89. The maximum atomic E-state index is 12.5. The van der Waals surface area contributed by atoms with E-state index in [1.807, 2.05) is 33.8 Å². The minimum absolute atomic E-state index is 0.124. The fraction of sp³-hybridized carbons (Fsp3) is 0.591. The third-order valence-corrected chi connectivity index (χ3v) is 3.27. The van der Waals surface area contributed by atoms with Gasteiger partial charge in [-0.15, -0.1) is 5.73 Å². The van der Waals surface area contributed by atoms with Crippen molar-refractivity contribution in [3.8, 4) is 0 Å². The molecule has 0 N–H and O–H groups in total. The number of rotatable bonds is 2. The van der Waals surface area contributed by atoms with E-state index in [1.165, 1.54) is 18.1 Å². The van der Waals surface area contributed by atoms with E-state index in [9.17, 15) is 4.39 Å². The van der Waals surface area contributed by atoms with Crippen LogP contribution in [0.15, 0.2) is 36.1 Å². The van der Waals surface area contributed by atoms with Gasteiger partial charge in [-0.3, -0.25) is 0 Å². The van der Waals surface area contributed by atoms with Crippen molar-refractivity contribution >= 4 is 0 Å². The van der Waals surface area contributed by atoms with Crippen molar-refractivity contribution in [3.05, 3.63) is 53.0 Å². The molecule has 0 amide bonds. The summed E-state index contributed by atoms with van der Waals surface area (Å²) >= 11 is 0. The monoisotopic (exact) mass is 322 g/mol. The van der Waals surface area contributed by atoms with Gasteiger partial charge in [0.2, 0.25) is 0 Å². The zero-order chi connectivity index (χ0) is 19.0. The lowest BCUT2D eigenvalue weighted by atomic mass is 10.1. The summed E-state index contributed by atoms with van der Waals surface area (Å²) in [7, 11) is 0. The Labute approximate surface area is 145 Å². The molecule has 0 bridgehead atoms. The van der Waals surface area contributed by atoms with Crippen LogP contribution in [0, 0.1) is 31.5 Å². The SMILES string of the molecule is C=C=C(C)C(C)C.CC.CCC(C)C.Cc1ccc(F)c(C)c1. The summed E-state index contributed by atoms with van der Waals surface area (Å²) in [4.78, 5) is 0. The fourth-order valence-electron chi connectivity index (χ4n) is 0.999. The fourth-order valence-corrected chi connectivity index (χ4v) is 0.999. The highest BCUT2D eigenvalue weighted by Crippen LogP contribution is 2.07. The first-order valence-electron chi connectivity index (χ1n) is 8.74. The first kappa shape index (κ1) is 26.6. The van der Waals surface area contributed by atoms with Crippen LogP contribution in [0.2, 0.25) is 0 Å². The van der Waals surface area contributed by atoms with E-state index >= 15 is 0 Å². The van der Waals surface area contributed by atoms with Gasteiger partial charge >= 0.3 is 0 Å². The van der Waals surface area contributed by atoms with Crippen LogP contribution in [0.3, 0.4) is 0 Å². The highest BCUT2D eigenvalue weighted by molar-refractivity contribution is 5.22. The summed E-state index contributed by atoms with van der Waals surface area (Å²) < 4.78 is 12.5. The second kappa shape index (κ2) is 17.0. The van der Waals surface area contributed by atoms with Gasteiger partial charge in [0.25, 0.3) is 0 Å². The van der Waals surface area contributed by atoms with Crippen molar-refractivity contribution in [3.63, 3.8) is 0 Å². The minimum Gasteiger partial charge on any atom is -0.207 e. The van der Waals surface area contributed by atoms with E-state index in [4.69, 9.17) is 0 Å². The zero-order valence-electron chi connectivity index (χ0n) is 17.2. The van der Waals surface area contributed by atoms with E-state index in [0.29, 0.717) is 5.92 Å². The highest BCUT2D eigenvalue weighted by atomic mass is 19.1. The van der Waals surface area contributed by atoms with Gasteiger partial charge in [-0.05, 0) is 49.8 Å². The molecule has 0 heterocycles. The largest absolute Gasteiger partial charge is 0.207 e. The molecule has 0 aliphatic carbocycles. The molecule has 0 atom stereocenters. The molecular formula is C22H39F. The van der Waals surface area contributed by atoms with Gasteiger partial charge in [-0.2, -0.15) is 0 Å². The normalized spacial score (nSPS) is 8.74. The molecule has 0 aromatic heterocycles. The van der Waals surface area contributed by atoms with Crippen LogP contribution in [0.5, 0.6) is 0 Å². The van der Waals surface area contributed by atoms with Gasteiger partial charge in [0, 0.05) is 0 Å². The highest BCUT2D eigenvalue weighted by Gasteiger charge is 1.93. The molecule has 23 heavy (non-hydrogen) atoms. The lowest BCUT2D eigenvalue weighted by Crippen LogP contribution is -1.84. The Balaban J connectivity index is -0.000000258. The van der Waals surface area contributed by atoms with E-state index in [-0.39, 0.29) is 5.82 Å². The van der Waals surface area contributed by atoms with Crippen LogP contribution in [-0.2, 0) is 0 Å². The number of hydrogen-bond donors (Lipinski definition) is 0. The molecule has 134 valence electrons. The zero-order valence-corrected chi connectivity index (χ0v) is 17.2. The van der Waals surface area contributed by atoms with E-state index in [2.05, 4.69) is 46.9 Å². The summed E-state index contributed by atoms with van der Waals surface area (Å²) in [6.45, 7) is 24.2. The smallest absolute Gasteiger partial charge is 0.126 e. The molecule has 0 spiro atoms. The maximum absolute atomic E-state index is 12.5. The summed E-state index contributed by atoms with van der Waals surface area (Å²) in [5.41, 5.74) is 5.89. The number of aryl methyl sites for hydroxylation is 2. The van der Waals surface area contributed by atoms with Gasteiger partial charge in [0.1, 0.15) is 5.82 Å². The van der Waals surface area contributed by atoms with Crippen LogP contribution >= 0.6 is 0 Å². The second-order valence-corrected chi connectivity index (χ2v) is 6.07. The van der Waals surface area contributed by atoms with Gasteiger partial charge in [0.15, 0.2) is 0 Å². The molecule has 1 rings (SSSR count). The molecule has 0 saturated heterocycles. The molecule has 0 unspecified atom stereocenters. The van der Waals surface area contributed by atoms with Crippen LogP contribution < -0.4 is 0 Å². The number of hydrogen-bond acceptors (Lipinski definition) is 0. The molecule has 1 aromatic carbocycles. The van der Waals surface area contributed by atoms with Crippen LogP contribution in [0.1, 0.15) is 72.9 Å². The summed E-state index contributed by atoms with van der Waals surface area (Å²) in [6, 6.07) is 5.09. The molecule has 1 aromatic rings. The van der Waals surface area contributed by atoms with Crippen molar-refractivity contribution in [2.24, 2.45) is 11.8 Å². The van der Waals surface area contributed by atoms with Crippen molar-refractivity contribution in [2.45, 2.75) is 75.7 Å². The Morgan fingerprint density at radius 2 is 1.57 bits per heavy atom. The Bertz CT molecular complexity index is 435. The minimum atomic E-state index is -0.124. The first-order valence-corrected chi connectivity index (χ1v) is 8.74. The van der Waals surface area contributed by atoms with Gasteiger partial charge < -0.3 is 0 Å². The Hall–Kier alpha value is -1.33. The van der Waals surface area contributed by atoms with E-state index < -0.39 is 0 Å².